The van der Waals surface area contributed by atoms with E-state index in [1.54, 1.807) is 24.3 Å². The van der Waals surface area contributed by atoms with Gasteiger partial charge in [0.2, 0.25) is 0 Å². The van der Waals surface area contributed by atoms with Gasteiger partial charge in [0.05, 0.1) is 18.4 Å². The van der Waals surface area contributed by atoms with E-state index in [9.17, 15) is 14.4 Å². The Labute approximate surface area is 142 Å². The zero-order valence-electron chi connectivity index (χ0n) is 13.8. The molecule has 2 aromatic rings. The summed E-state index contributed by atoms with van der Waals surface area (Å²) in [5, 5.41) is 9.45. The fourth-order valence-corrected chi connectivity index (χ4v) is 2.64. The van der Waals surface area contributed by atoms with Gasteiger partial charge in [-0.2, -0.15) is 9.65 Å². The summed E-state index contributed by atoms with van der Waals surface area (Å²) < 4.78 is 12.4. The van der Waals surface area contributed by atoms with E-state index < -0.39 is 6.04 Å². The predicted octanol–water partition coefficient (Wildman–Crippen LogP) is 4.69. The highest BCUT2D eigenvalue weighted by atomic mass is 19.1. The van der Waals surface area contributed by atoms with Crippen LogP contribution in [-0.2, 0) is 24.1 Å². The van der Waals surface area contributed by atoms with Crippen LogP contribution < -0.4 is 0 Å². The highest BCUT2D eigenvalue weighted by Gasteiger charge is 2.12. The molecule has 122 valence electrons. The van der Waals surface area contributed by atoms with E-state index in [1.807, 2.05) is 19.1 Å². The molecule has 2 nitrogen and oxygen atoms in total. The van der Waals surface area contributed by atoms with Crippen LogP contribution in [0.5, 0.6) is 0 Å². The molecule has 0 fully saturated rings. The maximum absolute atomic E-state index is 12.4. The van der Waals surface area contributed by atoms with Gasteiger partial charge in [-0.3, -0.25) is 4.79 Å². The standard InChI is InChI=1S/C21H20FNO/c1-15(2)11-16-3-5-17(6-4-16)12-20(14-23)19-9-7-18(8-10-19)13-21(22)24/h3-10,20H,1,11-13H2,2H3. The zero-order chi connectivity index (χ0) is 17.5. The quantitative estimate of drug-likeness (QED) is 0.548. The second-order valence-electron chi connectivity index (χ2n) is 6.11. The minimum atomic E-state index is -1.35. The summed E-state index contributed by atoms with van der Waals surface area (Å²) in [6.07, 6.45) is 1.25. The van der Waals surface area contributed by atoms with Gasteiger partial charge in [0.1, 0.15) is 0 Å². The fraction of sp³-hybridized carbons (Fsp3) is 0.238. The molecule has 24 heavy (non-hydrogen) atoms. The first-order valence-corrected chi connectivity index (χ1v) is 7.87. The van der Waals surface area contributed by atoms with E-state index in [4.69, 9.17) is 0 Å². The topological polar surface area (TPSA) is 40.9 Å². The van der Waals surface area contributed by atoms with Crippen molar-refractivity contribution in [3.8, 4) is 6.07 Å². The third kappa shape index (κ3) is 5.17. The Morgan fingerprint density at radius 2 is 1.54 bits per heavy atom. The Morgan fingerprint density at radius 1 is 1.04 bits per heavy atom. The van der Waals surface area contributed by atoms with E-state index in [1.165, 1.54) is 5.56 Å². The number of hydrogen-bond acceptors (Lipinski definition) is 2. The Kier molecular flexibility index (Phi) is 6.03. The van der Waals surface area contributed by atoms with Crippen LogP contribution in [0.4, 0.5) is 4.39 Å². The molecular weight excluding hydrogens is 301 g/mol. The minimum absolute atomic E-state index is 0.221. The van der Waals surface area contributed by atoms with E-state index in [-0.39, 0.29) is 12.3 Å². The van der Waals surface area contributed by atoms with Crippen LogP contribution in [0.3, 0.4) is 0 Å². The molecule has 0 spiro atoms. The van der Waals surface area contributed by atoms with Gasteiger partial charge in [0.15, 0.2) is 0 Å². The van der Waals surface area contributed by atoms with Crippen LogP contribution >= 0.6 is 0 Å². The van der Waals surface area contributed by atoms with Gasteiger partial charge in [-0.1, -0.05) is 60.7 Å². The molecular formula is C21H20FNO. The van der Waals surface area contributed by atoms with Crippen LogP contribution in [-0.4, -0.2) is 6.04 Å². The van der Waals surface area contributed by atoms with Crippen molar-refractivity contribution in [2.45, 2.75) is 32.1 Å². The summed E-state index contributed by atoms with van der Waals surface area (Å²) in [6.45, 7) is 5.91. The van der Waals surface area contributed by atoms with Crippen molar-refractivity contribution < 1.29 is 9.18 Å². The van der Waals surface area contributed by atoms with Crippen molar-refractivity contribution in [3.63, 3.8) is 0 Å². The fourth-order valence-electron chi connectivity index (χ4n) is 2.64. The molecule has 2 rings (SSSR count). The summed E-state index contributed by atoms with van der Waals surface area (Å²) in [4.78, 5) is 10.5. The molecule has 3 heteroatoms. The lowest BCUT2D eigenvalue weighted by molar-refractivity contribution is -0.128. The van der Waals surface area contributed by atoms with Crippen molar-refractivity contribution in [1.29, 1.82) is 5.26 Å². The average Bonchev–Trinajstić information content (AvgIpc) is 2.54. The smallest absolute Gasteiger partial charge is 0.261 e. The summed E-state index contributed by atoms with van der Waals surface area (Å²) in [6, 6.07) is 16.2. The molecule has 0 aliphatic heterocycles. The minimum Gasteiger partial charge on any atom is -0.261 e. The number of rotatable bonds is 7. The zero-order valence-corrected chi connectivity index (χ0v) is 13.8. The molecule has 0 saturated carbocycles. The highest BCUT2D eigenvalue weighted by molar-refractivity contribution is 5.71. The van der Waals surface area contributed by atoms with Gasteiger partial charge in [0, 0.05) is 0 Å². The molecule has 1 atom stereocenters. The molecule has 0 radical (unpaired) electrons. The lowest BCUT2D eigenvalue weighted by Gasteiger charge is -2.11. The molecule has 0 heterocycles. The summed E-state index contributed by atoms with van der Waals surface area (Å²) in [5.41, 5.74) is 4.91. The number of allylic oxidation sites excluding steroid dienone is 1. The molecule has 0 aliphatic carbocycles. The molecule has 0 amide bonds. The summed E-state index contributed by atoms with van der Waals surface area (Å²) in [5.74, 6) is -0.271. The largest absolute Gasteiger partial charge is 0.305 e. The van der Waals surface area contributed by atoms with Crippen molar-refractivity contribution in [3.05, 3.63) is 82.9 Å². The Morgan fingerprint density at radius 3 is 2.04 bits per heavy atom. The number of halogens is 1. The SMILES string of the molecule is C=C(C)Cc1ccc(CC(C#N)c2ccc(CC(=O)F)cc2)cc1. The van der Waals surface area contributed by atoms with Crippen molar-refractivity contribution >= 4 is 6.04 Å². The number of benzene rings is 2. The first-order chi connectivity index (χ1) is 11.5. The van der Waals surface area contributed by atoms with Gasteiger partial charge >= 0.3 is 6.04 Å². The number of hydrogen-bond donors (Lipinski definition) is 0. The van der Waals surface area contributed by atoms with Crippen molar-refractivity contribution in [1.82, 2.24) is 0 Å². The first-order valence-electron chi connectivity index (χ1n) is 7.87. The molecule has 0 aromatic heterocycles. The molecule has 2 aromatic carbocycles. The lowest BCUT2D eigenvalue weighted by atomic mass is 9.92. The van der Waals surface area contributed by atoms with Crippen LogP contribution in [0.1, 0.15) is 35.1 Å². The van der Waals surface area contributed by atoms with Gasteiger partial charge in [-0.25, -0.2) is 0 Å². The van der Waals surface area contributed by atoms with Crippen molar-refractivity contribution in [2.24, 2.45) is 0 Å². The number of carbonyl (C=O) groups is 1. The highest BCUT2D eigenvalue weighted by Crippen LogP contribution is 2.22. The number of nitrogens with zero attached hydrogens (tertiary/aromatic N) is 1. The molecule has 0 saturated heterocycles. The third-order valence-electron chi connectivity index (χ3n) is 3.85. The maximum Gasteiger partial charge on any atom is 0.305 e. The Balaban J connectivity index is 2.07. The molecule has 0 N–H and O–H groups in total. The summed E-state index contributed by atoms with van der Waals surface area (Å²) >= 11 is 0. The van der Waals surface area contributed by atoms with Gasteiger partial charge in [-0.05, 0) is 42.0 Å². The monoisotopic (exact) mass is 321 g/mol. The van der Waals surface area contributed by atoms with Crippen LogP contribution in [0.15, 0.2) is 60.7 Å². The van der Waals surface area contributed by atoms with Crippen molar-refractivity contribution in [2.75, 3.05) is 0 Å². The summed E-state index contributed by atoms with van der Waals surface area (Å²) in [7, 11) is 0. The van der Waals surface area contributed by atoms with Gasteiger partial charge in [0.25, 0.3) is 0 Å². The van der Waals surface area contributed by atoms with E-state index in [2.05, 4.69) is 24.8 Å². The third-order valence-corrected chi connectivity index (χ3v) is 3.85. The van der Waals surface area contributed by atoms with E-state index >= 15 is 0 Å². The predicted molar refractivity (Wildman–Crippen MR) is 93.3 cm³/mol. The van der Waals surface area contributed by atoms with Crippen LogP contribution in [0, 0.1) is 11.3 Å². The first kappa shape index (κ1) is 17.6. The molecule has 0 bridgehead atoms. The lowest BCUT2D eigenvalue weighted by Crippen LogP contribution is -2.02. The van der Waals surface area contributed by atoms with Crippen LogP contribution in [0.25, 0.3) is 0 Å². The van der Waals surface area contributed by atoms with Crippen LogP contribution in [0.2, 0.25) is 0 Å². The Bertz CT molecular complexity index is 754. The van der Waals surface area contributed by atoms with Gasteiger partial charge in [-0.15, -0.1) is 0 Å². The molecule has 0 aliphatic rings. The normalized spacial score (nSPS) is 11.5. The second-order valence-corrected chi connectivity index (χ2v) is 6.11. The Hall–Kier alpha value is -2.73. The molecule has 1 unspecified atom stereocenters. The average molecular weight is 321 g/mol. The van der Waals surface area contributed by atoms with Gasteiger partial charge < -0.3 is 0 Å². The maximum atomic E-state index is 12.4. The second kappa shape index (κ2) is 8.21. The number of nitriles is 1. The number of carbonyl (C=O) groups excluding carboxylic acids is 1. The van der Waals surface area contributed by atoms with E-state index in [0.29, 0.717) is 12.0 Å². The van der Waals surface area contributed by atoms with E-state index in [0.717, 1.165) is 23.1 Å².